The summed E-state index contributed by atoms with van der Waals surface area (Å²) in [6.07, 6.45) is 3.22. The maximum Gasteiger partial charge on any atom is 0.215 e. The molecule has 0 fully saturated rings. The number of nitrogens with zero attached hydrogens (tertiary/aromatic N) is 3. The first-order valence-corrected chi connectivity index (χ1v) is 6.73. The molecule has 0 bridgehead atoms. The van der Waals surface area contributed by atoms with Gasteiger partial charge in [0.25, 0.3) is 0 Å². The van der Waals surface area contributed by atoms with Crippen molar-refractivity contribution in [3.05, 3.63) is 47.3 Å². The summed E-state index contributed by atoms with van der Waals surface area (Å²) in [6.45, 7) is 0. The summed E-state index contributed by atoms with van der Waals surface area (Å²) in [6, 6.07) is 9.65. The van der Waals surface area contributed by atoms with Crippen molar-refractivity contribution >= 4 is 38.3 Å². The number of anilines is 2. The largest absolute Gasteiger partial charge is 0.481 e. The third-order valence-corrected chi connectivity index (χ3v) is 3.29. The molecular weight excluding hydrogens is 320 g/mol. The summed E-state index contributed by atoms with van der Waals surface area (Å²) in [5.74, 6) is 1.24. The molecule has 1 aromatic carbocycles. The molecular formula is C14H11BrN4O. The molecule has 0 saturated heterocycles. The highest BCUT2D eigenvalue weighted by atomic mass is 79.9. The fraction of sp³-hybridized carbons (Fsp3) is 0.0714. The number of nitrogens with one attached hydrogen (secondary N) is 1. The first kappa shape index (κ1) is 12.8. The Morgan fingerprint density at radius 3 is 2.85 bits per heavy atom. The van der Waals surface area contributed by atoms with Crippen LogP contribution in [0.1, 0.15) is 0 Å². The zero-order valence-electron chi connectivity index (χ0n) is 10.7. The van der Waals surface area contributed by atoms with Crippen molar-refractivity contribution in [2.75, 3.05) is 12.4 Å². The van der Waals surface area contributed by atoms with Gasteiger partial charge >= 0.3 is 0 Å². The molecule has 0 amide bonds. The number of hydrogen-bond acceptors (Lipinski definition) is 5. The fourth-order valence-electron chi connectivity index (χ4n) is 1.85. The predicted octanol–water partition coefficient (Wildman–Crippen LogP) is 3.54. The average Bonchev–Trinajstić information content (AvgIpc) is 2.47. The molecule has 3 rings (SSSR count). The van der Waals surface area contributed by atoms with Crippen LogP contribution >= 0.6 is 15.9 Å². The lowest BCUT2D eigenvalue weighted by Crippen LogP contribution is -1.97. The summed E-state index contributed by atoms with van der Waals surface area (Å²) in [4.78, 5) is 12.7. The van der Waals surface area contributed by atoms with Gasteiger partial charge in [-0.25, -0.2) is 15.0 Å². The van der Waals surface area contributed by atoms with Crippen molar-refractivity contribution in [3.8, 4) is 5.88 Å². The van der Waals surface area contributed by atoms with Crippen molar-refractivity contribution in [3.63, 3.8) is 0 Å². The van der Waals surface area contributed by atoms with E-state index in [0.29, 0.717) is 11.7 Å². The molecule has 0 unspecified atom stereocenters. The molecule has 2 aromatic heterocycles. The van der Waals surface area contributed by atoms with Crippen LogP contribution in [0.4, 0.5) is 11.5 Å². The van der Waals surface area contributed by atoms with Crippen molar-refractivity contribution in [1.29, 1.82) is 0 Å². The molecule has 0 aliphatic rings. The van der Waals surface area contributed by atoms with Crippen LogP contribution in [0, 0.1) is 0 Å². The number of aromatic nitrogens is 3. The van der Waals surface area contributed by atoms with Crippen molar-refractivity contribution in [2.45, 2.75) is 0 Å². The lowest BCUT2D eigenvalue weighted by molar-refractivity contribution is 0.398. The average molecular weight is 331 g/mol. The quantitative estimate of drug-likeness (QED) is 0.795. The van der Waals surface area contributed by atoms with E-state index in [1.54, 1.807) is 19.4 Å². The molecule has 100 valence electrons. The van der Waals surface area contributed by atoms with Gasteiger partial charge in [0.15, 0.2) is 0 Å². The van der Waals surface area contributed by atoms with E-state index in [4.69, 9.17) is 4.74 Å². The van der Waals surface area contributed by atoms with Crippen molar-refractivity contribution < 1.29 is 4.74 Å². The van der Waals surface area contributed by atoms with E-state index in [2.05, 4.69) is 36.2 Å². The second-order valence-electron chi connectivity index (χ2n) is 4.10. The first-order valence-electron chi connectivity index (χ1n) is 5.93. The number of methoxy groups -OCH3 is 1. The van der Waals surface area contributed by atoms with Gasteiger partial charge in [0, 0.05) is 22.4 Å². The van der Waals surface area contributed by atoms with Crippen LogP contribution in [0.2, 0.25) is 0 Å². The minimum atomic E-state index is 0.532. The van der Waals surface area contributed by atoms with E-state index < -0.39 is 0 Å². The van der Waals surface area contributed by atoms with Crippen molar-refractivity contribution in [1.82, 2.24) is 15.0 Å². The molecule has 3 aromatic rings. The Balaban J connectivity index is 2.03. The Bertz CT molecular complexity index is 763. The first-order chi connectivity index (χ1) is 9.76. The van der Waals surface area contributed by atoms with Gasteiger partial charge in [-0.15, -0.1) is 0 Å². The fourth-order valence-corrected chi connectivity index (χ4v) is 2.25. The van der Waals surface area contributed by atoms with Gasteiger partial charge in [0.1, 0.15) is 12.1 Å². The van der Waals surface area contributed by atoms with E-state index in [9.17, 15) is 0 Å². The number of ether oxygens (including phenoxy) is 1. The summed E-state index contributed by atoms with van der Waals surface area (Å²) in [5.41, 5.74) is 1.72. The molecule has 0 atom stereocenters. The van der Waals surface area contributed by atoms with Crippen LogP contribution in [0.25, 0.3) is 10.9 Å². The Kier molecular flexibility index (Phi) is 3.47. The zero-order chi connectivity index (χ0) is 13.9. The van der Waals surface area contributed by atoms with Gasteiger partial charge in [-0.3, -0.25) is 0 Å². The molecule has 0 aliphatic heterocycles. The SMILES string of the molecule is COc1cc2ncnc(Nc3cccc(Br)c3)c2cn1. The molecule has 20 heavy (non-hydrogen) atoms. The van der Waals surface area contributed by atoms with Crippen molar-refractivity contribution in [2.24, 2.45) is 0 Å². The lowest BCUT2D eigenvalue weighted by Gasteiger charge is -2.08. The minimum absolute atomic E-state index is 0.532. The molecule has 5 nitrogen and oxygen atoms in total. The smallest absolute Gasteiger partial charge is 0.215 e. The number of rotatable bonds is 3. The van der Waals surface area contributed by atoms with Crippen LogP contribution in [0.15, 0.2) is 47.3 Å². The number of hydrogen-bond donors (Lipinski definition) is 1. The Morgan fingerprint density at radius 2 is 2.05 bits per heavy atom. The van der Waals surface area contributed by atoms with E-state index in [1.165, 1.54) is 6.33 Å². The lowest BCUT2D eigenvalue weighted by atomic mass is 10.2. The van der Waals surface area contributed by atoms with E-state index in [-0.39, 0.29) is 0 Å². The molecule has 0 aliphatic carbocycles. The Morgan fingerprint density at radius 1 is 1.15 bits per heavy atom. The predicted molar refractivity (Wildman–Crippen MR) is 81.3 cm³/mol. The number of benzene rings is 1. The Hall–Kier alpha value is -2.21. The highest BCUT2D eigenvalue weighted by molar-refractivity contribution is 9.10. The summed E-state index contributed by atoms with van der Waals surface area (Å²) >= 11 is 3.44. The zero-order valence-corrected chi connectivity index (χ0v) is 12.3. The van der Waals surface area contributed by atoms with E-state index >= 15 is 0 Å². The van der Waals surface area contributed by atoms with Crippen LogP contribution in [0.5, 0.6) is 5.88 Å². The maximum absolute atomic E-state index is 5.10. The monoisotopic (exact) mass is 330 g/mol. The molecule has 0 radical (unpaired) electrons. The minimum Gasteiger partial charge on any atom is -0.481 e. The number of fused-ring (bicyclic) bond motifs is 1. The maximum atomic E-state index is 5.10. The second kappa shape index (κ2) is 5.42. The number of halogens is 1. The Labute approximate surface area is 124 Å². The third kappa shape index (κ3) is 2.55. The molecule has 1 N–H and O–H groups in total. The van der Waals surface area contributed by atoms with Gasteiger partial charge in [-0.1, -0.05) is 22.0 Å². The summed E-state index contributed by atoms with van der Waals surface area (Å²) in [7, 11) is 1.58. The molecule has 0 saturated carbocycles. The highest BCUT2D eigenvalue weighted by Gasteiger charge is 2.06. The second-order valence-corrected chi connectivity index (χ2v) is 5.02. The van der Waals surface area contributed by atoms with Gasteiger partial charge in [-0.05, 0) is 18.2 Å². The van der Waals surface area contributed by atoms with Gasteiger partial charge in [0.2, 0.25) is 5.88 Å². The van der Waals surface area contributed by atoms with Crippen LogP contribution in [0.3, 0.4) is 0 Å². The summed E-state index contributed by atoms with van der Waals surface area (Å²) < 4.78 is 6.10. The normalized spacial score (nSPS) is 10.5. The van der Waals surface area contributed by atoms with Crippen LogP contribution < -0.4 is 10.1 Å². The topological polar surface area (TPSA) is 59.9 Å². The van der Waals surface area contributed by atoms with Gasteiger partial charge in [0.05, 0.1) is 18.0 Å². The third-order valence-electron chi connectivity index (χ3n) is 2.79. The molecule has 6 heteroatoms. The molecule has 2 heterocycles. The highest BCUT2D eigenvalue weighted by Crippen LogP contribution is 2.25. The summed E-state index contributed by atoms with van der Waals surface area (Å²) in [5, 5.41) is 4.10. The number of pyridine rings is 1. The van der Waals surface area contributed by atoms with E-state index in [1.807, 2.05) is 24.3 Å². The van der Waals surface area contributed by atoms with E-state index in [0.717, 1.165) is 21.1 Å². The van der Waals surface area contributed by atoms with Crippen LogP contribution in [-0.4, -0.2) is 22.1 Å². The van der Waals surface area contributed by atoms with Gasteiger partial charge in [-0.2, -0.15) is 0 Å². The molecule has 0 spiro atoms. The van der Waals surface area contributed by atoms with Gasteiger partial charge < -0.3 is 10.1 Å². The standard InChI is InChI=1S/C14H11BrN4O/c1-20-13-6-12-11(7-16-13)14(18-8-17-12)19-10-4-2-3-9(15)5-10/h2-8H,1H3,(H,17,18,19). The van der Waals surface area contributed by atoms with Crippen LogP contribution in [-0.2, 0) is 0 Å².